The van der Waals surface area contributed by atoms with Gasteiger partial charge in [0.2, 0.25) is 0 Å². The van der Waals surface area contributed by atoms with Crippen LogP contribution in [-0.4, -0.2) is 26.9 Å². The Morgan fingerprint density at radius 3 is 2.21 bits per heavy atom. The Bertz CT molecular complexity index is 503. The summed E-state index contributed by atoms with van der Waals surface area (Å²) in [6, 6.07) is 0. The SMILES string of the molecule is O=CC1OC1n1c(=O)[nH]c(=O)[nH]c1=O. The molecule has 0 amide bonds. The van der Waals surface area contributed by atoms with Crippen molar-refractivity contribution < 1.29 is 9.53 Å². The number of nitrogens with zero attached hydrogens (tertiary/aromatic N) is 1. The largest absolute Gasteiger partial charge is 0.339 e. The van der Waals surface area contributed by atoms with E-state index < -0.39 is 29.4 Å². The van der Waals surface area contributed by atoms with Gasteiger partial charge in [-0.25, -0.2) is 19.0 Å². The van der Waals surface area contributed by atoms with E-state index in [2.05, 4.69) is 0 Å². The molecule has 1 aliphatic rings. The van der Waals surface area contributed by atoms with E-state index in [4.69, 9.17) is 4.74 Å². The molecule has 0 bridgehead atoms. The first-order valence-corrected chi connectivity index (χ1v) is 3.69. The first kappa shape index (κ1) is 8.63. The fraction of sp³-hybridized carbons (Fsp3) is 0.333. The number of aldehydes is 1. The Balaban J connectivity index is 2.55. The van der Waals surface area contributed by atoms with Gasteiger partial charge >= 0.3 is 17.1 Å². The number of ether oxygens (including phenoxy) is 1. The summed E-state index contributed by atoms with van der Waals surface area (Å²) >= 11 is 0. The molecule has 0 saturated carbocycles. The monoisotopic (exact) mass is 199 g/mol. The molecule has 2 unspecified atom stereocenters. The third-order valence-corrected chi connectivity index (χ3v) is 1.77. The quantitative estimate of drug-likeness (QED) is 0.397. The Hall–Kier alpha value is -1.96. The number of epoxide rings is 1. The second kappa shape index (κ2) is 2.77. The Morgan fingerprint density at radius 2 is 1.79 bits per heavy atom. The summed E-state index contributed by atoms with van der Waals surface area (Å²) in [5, 5.41) is 0. The minimum Gasteiger partial charge on any atom is -0.339 e. The standard InChI is InChI=1S/C6H5N3O5/c10-1-2-3(14-2)9-5(12)7-4(11)8-6(9)13/h1-3H,(H2,7,8,11,12,13). The summed E-state index contributed by atoms with van der Waals surface area (Å²) in [5.41, 5.74) is -2.68. The minimum absolute atomic E-state index is 0.474. The van der Waals surface area contributed by atoms with Crippen LogP contribution in [0.25, 0.3) is 0 Å². The highest BCUT2D eigenvalue weighted by molar-refractivity contribution is 5.59. The summed E-state index contributed by atoms with van der Waals surface area (Å²) in [5.74, 6) is 0. The molecule has 0 radical (unpaired) electrons. The van der Waals surface area contributed by atoms with Crippen molar-refractivity contribution in [2.45, 2.75) is 12.3 Å². The molecule has 1 aromatic rings. The molecule has 2 heterocycles. The lowest BCUT2D eigenvalue weighted by molar-refractivity contribution is -0.108. The summed E-state index contributed by atoms with van der Waals surface area (Å²) < 4.78 is 5.35. The molecule has 1 aromatic heterocycles. The Morgan fingerprint density at radius 1 is 1.21 bits per heavy atom. The molecule has 2 N–H and O–H groups in total. The van der Waals surface area contributed by atoms with E-state index in [-0.39, 0.29) is 0 Å². The summed E-state index contributed by atoms with van der Waals surface area (Å²) in [6.45, 7) is 0. The van der Waals surface area contributed by atoms with Gasteiger partial charge in [0, 0.05) is 0 Å². The van der Waals surface area contributed by atoms with E-state index in [9.17, 15) is 19.2 Å². The Kier molecular flexibility index (Phi) is 1.71. The summed E-state index contributed by atoms with van der Waals surface area (Å²) in [7, 11) is 0. The maximum Gasteiger partial charge on any atom is 0.335 e. The number of hydrogen-bond donors (Lipinski definition) is 2. The molecule has 0 aliphatic carbocycles. The van der Waals surface area contributed by atoms with Crippen molar-refractivity contribution in [1.29, 1.82) is 0 Å². The average Bonchev–Trinajstić information content (AvgIpc) is 2.81. The van der Waals surface area contributed by atoms with Crippen molar-refractivity contribution in [3.8, 4) is 0 Å². The van der Waals surface area contributed by atoms with Gasteiger partial charge < -0.3 is 9.53 Å². The molecule has 1 aliphatic heterocycles. The molecule has 2 rings (SSSR count). The summed E-state index contributed by atoms with van der Waals surface area (Å²) in [6.07, 6.45) is -1.22. The van der Waals surface area contributed by atoms with Gasteiger partial charge in [0.1, 0.15) is 0 Å². The van der Waals surface area contributed by atoms with Crippen LogP contribution in [0.15, 0.2) is 14.4 Å². The predicted molar refractivity (Wildman–Crippen MR) is 41.9 cm³/mol. The van der Waals surface area contributed by atoms with E-state index in [1.807, 2.05) is 9.97 Å². The maximum absolute atomic E-state index is 11.1. The van der Waals surface area contributed by atoms with Gasteiger partial charge in [-0.1, -0.05) is 0 Å². The molecule has 14 heavy (non-hydrogen) atoms. The van der Waals surface area contributed by atoms with Gasteiger partial charge in [-0.3, -0.25) is 9.97 Å². The van der Waals surface area contributed by atoms with Gasteiger partial charge in [-0.05, 0) is 0 Å². The molecular weight excluding hydrogens is 194 g/mol. The van der Waals surface area contributed by atoms with Crippen LogP contribution >= 0.6 is 0 Å². The maximum atomic E-state index is 11.1. The molecule has 1 saturated heterocycles. The zero-order valence-corrected chi connectivity index (χ0v) is 6.72. The lowest BCUT2D eigenvalue weighted by Gasteiger charge is -1.95. The van der Waals surface area contributed by atoms with E-state index in [0.717, 1.165) is 0 Å². The van der Waals surface area contributed by atoms with Gasteiger partial charge in [0.15, 0.2) is 18.6 Å². The van der Waals surface area contributed by atoms with Gasteiger partial charge in [0.25, 0.3) is 0 Å². The molecule has 8 nitrogen and oxygen atoms in total. The first-order chi connectivity index (χ1) is 6.63. The number of hydrogen-bond acceptors (Lipinski definition) is 5. The molecule has 1 fully saturated rings. The minimum atomic E-state index is -0.902. The van der Waals surface area contributed by atoms with Crippen LogP contribution in [-0.2, 0) is 9.53 Å². The highest BCUT2D eigenvalue weighted by Gasteiger charge is 2.42. The normalized spacial score (nSPS) is 24.6. The van der Waals surface area contributed by atoms with E-state index in [0.29, 0.717) is 10.9 Å². The zero-order valence-electron chi connectivity index (χ0n) is 6.72. The van der Waals surface area contributed by atoms with Crippen LogP contribution in [0.3, 0.4) is 0 Å². The van der Waals surface area contributed by atoms with E-state index in [1.165, 1.54) is 0 Å². The lowest BCUT2D eigenvalue weighted by atomic mass is 10.5. The van der Waals surface area contributed by atoms with Crippen molar-refractivity contribution >= 4 is 6.29 Å². The topological polar surface area (TPSA) is 117 Å². The molecule has 0 aromatic carbocycles. The second-order valence-corrected chi connectivity index (χ2v) is 2.69. The van der Waals surface area contributed by atoms with Crippen LogP contribution < -0.4 is 17.1 Å². The smallest absolute Gasteiger partial charge is 0.335 e. The number of rotatable bonds is 2. The van der Waals surface area contributed by atoms with Gasteiger partial charge in [0.05, 0.1) is 0 Å². The number of H-pyrrole nitrogens is 2. The number of nitrogens with one attached hydrogen (secondary N) is 2. The predicted octanol–water partition coefficient (Wildman–Crippen LogP) is -2.68. The second-order valence-electron chi connectivity index (χ2n) is 2.69. The molecule has 74 valence electrons. The number of aromatic nitrogens is 3. The van der Waals surface area contributed by atoms with Crippen molar-refractivity contribution in [2.24, 2.45) is 0 Å². The van der Waals surface area contributed by atoms with E-state index in [1.54, 1.807) is 0 Å². The highest BCUT2D eigenvalue weighted by Crippen LogP contribution is 2.28. The Labute approximate surface area is 75.1 Å². The molecule has 2 atom stereocenters. The molecule has 0 spiro atoms. The number of aromatic amines is 2. The lowest BCUT2D eigenvalue weighted by Crippen LogP contribution is -2.43. The van der Waals surface area contributed by atoms with Gasteiger partial charge in [-0.2, -0.15) is 0 Å². The van der Waals surface area contributed by atoms with Crippen molar-refractivity contribution in [1.82, 2.24) is 14.5 Å². The van der Waals surface area contributed by atoms with Crippen molar-refractivity contribution in [3.63, 3.8) is 0 Å². The summed E-state index contributed by atoms with van der Waals surface area (Å²) in [4.78, 5) is 46.7. The fourth-order valence-corrected chi connectivity index (χ4v) is 1.09. The average molecular weight is 199 g/mol. The van der Waals surface area contributed by atoms with Crippen LogP contribution in [0, 0.1) is 0 Å². The van der Waals surface area contributed by atoms with Gasteiger partial charge in [-0.15, -0.1) is 0 Å². The number of carbonyl (C=O) groups is 1. The van der Waals surface area contributed by atoms with Crippen molar-refractivity contribution in [2.75, 3.05) is 0 Å². The van der Waals surface area contributed by atoms with Crippen LogP contribution in [0.5, 0.6) is 0 Å². The van der Waals surface area contributed by atoms with Crippen LogP contribution in [0.4, 0.5) is 0 Å². The van der Waals surface area contributed by atoms with Crippen LogP contribution in [0.2, 0.25) is 0 Å². The highest BCUT2D eigenvalue weighted by atomic mass is 16.6. The molecule has 8 heteroatoms. The molecular formula is C6H5N3O5. The zero-order chi connectivity index (χ0) is 10.3. The fourth-order valence-electron chi connectivity index (χ4n) is 1.09. The third kappa shape index (κ3) is 1.21. The van der Waals surface area contributed by atoms with E-state index >= 15 is 0 Å². The van der Waals surface area contributed by atoms with Crippen molar-refractivity contribution in [3.05, 3.63) is 31.5 Å². The number of carbonyl (C=O) groups excluding carboxylic acids is 1. The first-order valence-electron chi connectivity index (χ1n) is 3.69. The third-order valence-electron chi connectivity index (χ3n) is 1.77. The van der Waals surface area contributed by atoms with Crippen LogP contribution in [0.1, 0.15) is 6.23 Å².